The average Bonchev–Trinajstić information content (AvgIpc) is 2.40. The molecule has 3 nitrogen and oxygen atoms in total. The molecule has 0 rings (SSSR count). The summed E-state index contributed by atoms with van der Waals surface area (Å²) in [5.41, 5.74) is -0.115. The zero-order chi connectivity index (χ0) is 14.2. The van der Waals surface area contributed by atoms with Crippen LogP contribution in [-0.2, 0) is 0 Å². The minimum atomic E-state index is -0.115. The molecule has 0 aliphatic carbocycles. The molecular formula is C15H23N3. The molecule has 0 aromatic rings. The zero-order valence-corrected chi connectivity index (χ0v) is 11.9. The molecule has 0 aromatic heterocycles. The van der Waals surface area contributed by atoms with E-state index in [4.69, 9.17) is 10.5 Å². The highest BCUT2D eigenvalue weighted by molar-refractivity contribution is 4.98. The third-order valence-corrected chi connectivity index (χ3v) is 4.30. The Kier molecular flexibility index (Phi) is 7.07. The van der Waals surface area contributed by atoms with Gasteiger partial charge in [0.25, 0.3) is 0 Å². The molecule has 98 valence electrons. The first-order valence-corrected chi connectivity index (χ1v) is 6.61. The van der Waals surface area contributed by atoms with Crippen molar-refractivity contribution in [3.05, 3.63) is 0 Å². The van der Waals surface area contributed by atoms with Crippen molar-refractivity contribution >= 4 is 0 Å². The summed E-state index contributed by atoms with van der Waals surface area (Å²) >= 11 is 0. The molecular weight excluding hydrogens is 222 g/mol. The first kappa shape index (κ1) is 16.5. The Bertz CT molecular complexity index is 369. The molecule has 0 bridgehead atoms. The van der Waals surface area contributed by atoms with Crippen LogP contribution in [0, 0.1) is 57.2 Å². The lowest BCUT2D eigenvalue weighted by molar-refractivity contribution is 0.171. The molecule has 0 radical (unpaired) electrons. The van der Waals surface area contributed by atoms with Crippen LogP contribution in [0.1, 0.15) is 53.4 Å². The van der Waals surface area contributed by atoms with Gasteiger partial charge in [0.1, 0.15) is 0 Å². The van der Waals surface area contributed by atoms with E-state index in [2.05, 4.69) is 32.1 Å². The highest BCUT2D eigenvalue weighted by atomic mass is 14.4. The van der Waals surface area contributed by atoms with Gasteiger partial charge in [0, 0.05) is 18.3 Å². The minimum Gasteiger partial charge on any atom is -0.198 e. The van der Waals surface area contributed by atoms with Crippen molar-refractivity contribution in [3.8, 4) is 18.2 Å². The molecule has 3 heteroatoms. The third-order valence-electron chi connectivity index (χ3n) is 4.30. The summed E-state index contributed by atoms with van der Waals surface area (Å²) < 4.78 is 0. The van der Waals surface area contributed by atoms with E-state index in [1.807, 2.05) is 13.8 Å². The zero-order valence-electron chi connectivity index (χ0n) is 11.9. The molecule has 0 aliphatic heterocycles. The normalized spacial score (nSPS) is 18.5. The SMILES string of the molecule is CCC(C)(CC(C#N)C(C)CCC#N)C(C)C#N. The highest BCUT2D eigenvalue weighted by Crippen LogP contribution is 2.39. The molecule has 4 atom stereocenters. The smallest absolute Gasteiger partial charge is 0.0658 e. The summed E-state index contributed by atoms with van der Waals surface area (Å²) in [4.78, 5) is 0. The Balaban J connectivity index is 4.76. The largest absolute Gasteiger partial charge is 0.198 e. The van der Waals surface area contributed by atoms with Crippen molar-refractivity contribution in [2.45, 2.75) is 53.4 Å². The van der Waals surface area contributed by atoms with Crippen LogP contribution >= 0.6 is 0 Å². The maximum Gasteiger partial charge on any atom is 0.0658 e. The third kappa shape index (κ3) is 4.38. The lowest BCUT2D eigenvalue weighted by Gasteiger charge is -2.34. The van der Waals surface area contributed by atoms with E-state index >= 15 is 0 Å². The molecule has 0 aliphatic rings. The summed E-state index contributed by atoms with van der Waals surface area (Å²) in [7, 11) is 0. The fourth-order valence-electron chi connectivity index (χ4n) is 2.15. The Morgan fingerprint density at radius 2 is 1.72 bits per heavy atom. The fraction of sp³-hybridized carbons (Fsp3) is 0.800. The van der Waals surface area contributed by atoms with E-state index in [0.717, 1.165) is 19.3 Å². The standard InChI is InChI=1S/C15H23N3/c1-5-15(4,13(3)10-17)9-14(11-18)12(2)7-6-8-16/h12-14H,5-7,9H2,1-4H3. The Morgan fingerprint density at radius 1 is 1.11 bits per heavy atom. The lowest BCUT2D eigenvalue weighted by atomic mass is 9.68. The summed E-state index contributed by atoms with van der Waals surface area (Å²) in [6, 6.07) is 6.79. The fourth-order valence-corrected chi connectivity index (χ4v) is 2.15. The number of rotatable bonds is 7. The van der Waals surface area contributed by atoms with Crippen molar-refractivity contribution in [1.82, 2.24) is 0 Å². The predicted octanol–water partition coefficient (Wildman–Crippen LogP) is 4.03. The number of hydrogen-bond acceptors (Lipinski definition) is 3. The van der Waals surface area contributed by atoms with Gasteiger partial charge in [-0.25, -0.2) is 0 Å². The molecule has 0 heterocycles. The summed E-state index contributed by atoms with van der Waals surface area (Å²) in [6.07, 6.45) is 2.89. The number of hydrogen-bond donors (Lipinski definition) is 0. The van der Waals surface area contributed by atoms with Crippen LogP contribution in [0.5, 0.6) is 0 Å². The van der Waals surface area contributed by atoms with Gasteiger partial charge < -0.3 is 0 Å². The van der Waals surface area contributed by atoms with E-state index < -0.39 is 0 Å². The van der Waals surface area contributed by atoms with Crippen LogP contribution in [0.15, 0.2) is 0 Å². The minimum absolute atomic E-state index is 0.0542. The second-order valence-corrected chi connectivity index (χ2v) is 5.47. The molecule has 0 aromatic carbocycles. The molecule has 0 amide bonds. The van der Waals surface area contributed by atoms with Crippen molar-refractivity contribution in [1.29, 1.82) is 15.8 Å². The van der Waals surface area contributed by atoms with Crippen molar-refractivity contribution < 1.29 is 0 Å². The average molecular weight is 245 g/mol. The Labute approximate surface area is 111 Å². The molecule has 0 saturated carbocycles. The summed E-state index contributed by atoms with van der Waals surface area (Å²) in [5.74, 6) is 0.0898. The quantitative estimate of drug-likeness (QED) is 0.679. The van der Waals surface area contributed by atoms with E-state index in [1.165, 1.54) is 0 Å². The van der Waals surface area contributed by atoms with E-state index in [9.17, 15) is 5.26 Å². The van der Waals surface area contributed by atoms with Crippen LogP contribution in [0.3, 0.4) is 0 Å². The molecule has 0 N–H and O–H groups in total. The first-order chi connectivity index (χ1) is 8.45. The van der Waals surface area contributed by atoms with Gasteiger partial charge in [0.05, 0.1) is 18.2 Å². The monoisotopic (exact) mass is 245 g/mol. The van der Waals surface area contributed by atoms with Gasteiger partial charge in [-0.3, -0.25) is 0 Å². The lowest BCUT2D eigenvalue weighted by Crippen LogP contribution is -2.28. The summed E-state index contributed by atoms with van der Waals surface area (Å²) in [6.45, 7) is 8.11. The second kappa shape index (κ2) is 7.73. The van der Waals surface area contributed by atoms with Crippen molar-refractivity contribution in [3.63, 3.8) is 0 Å². The van der Waals surface area contributed by atoms with E-state index in [-0.39, 0.29) is 23.2 Å². The van der Waals surface area contributed by atoms with Crippen LogP contribution in [-0.4, -0.2) is 0 Å². The molecule has 18 heavy (non-hydrogen) atoms. The van der Waals surface area contributed by atoms with Crippen LogP contribution in [0.2, 0.25) is 0 Å². The highest BCUT2D eigenvalue weighted by Gasteiger charge is 2.34. The molecule has 0 fully saturated rings. The summed E-state index contributed by atoms with van der Waals surface area (Å²) in [5, 5.41) is 27.0. The second-order valence-electron chi connectivity index (χ2n) is 5.47. The van der Waals surface area contributed by atoms with Crippen LogP contribution in [0.25, 0.3) is 0 Å². The van der Waals surface area contributed by atoms with Gasteiger partial charge in [-0.05, 0) is 37.5 Å². The number of nitriles is 3. The topological polar surface area (TPSA) is 71.4 Å². The van der Waals surface area contributed by atoms with Gasteiger partial charge >= 0.3 is 0 Å². The molecule has 0 saturated heterocycles. The van der Waals surface area contributed by atoms with Crippen LogP contribution in [0.4, 0.5) is 0 Å². The van der Waals surface area contributed by atoms with Gasteiger partial charge in [0.15, 0.2) is 0 Å². The van der Waals surface area contributed by atoms with E-state index in [0.29, 0.717) is 6.42 Å². The predicted molar refractivity (Wildman–Crippen MR) is 70.9 cm³/mol. The van der Waals surface area contributed by atoms with Gasteiger partial charge in [-0.2, -0.15) is 15.8 Å². The van der Waals surface area contributed by atoms with Crippen molar-refractivity contribution in [2.24, 2.45) is 23.2 Å². The Morgan fingerprint density at radius 3 is 2.11 bits per heavy atom. The van der Waals surface area contributed by atoms with E-state index in [1.54, 1.807) is 0 Å². The van der Waals surface area contributed by atoms with Gasteiger partial charge in [-0.15, -0.1) is 0 Å². The Hall–Kier alpha value is -1.53. The maximum atomic E-state index is 9.29. The maximum absolute atomic E-state index is 9.29. The van der Waals surface area contributed by atoms with Crippen LogP contribution < -0.4 is 0 Å². The molecule has 0 spiro atoms. The van der Waals surface area contributed by atoms with Gasteiger partial charge in [-0.1, -0.05) is 20.8 Å². The molecule has 4 unspecified atom stereocenters. The van der Waals surface area contributed by atoms with Crippen molar-refractivity contribution in [2.75, 3.05) is 0 Å². The first-order valence-electron chi connectivity index (χ1n) is 6.61. The van der Waals surface area contributed by atoms with Gasteiger partial charge in [0.2, 0.25) is 0 Å². The number of nitrogens with zero attached hydrogens (tertiary/aromatic N) is 3.